The molecule has 0 aliphatic carbocycles. The topological polar surface area (TPSA) is 72.4 Å². The normalized spacial score (nSPS) is 11.0. The van der Waals surface area contributed by atoms with Crippen molar-refractivity contribution in [1.82, 2.24) is 19.7 Å². The third kappa shape index (κ3) is 3.69. The average Bonchev–Trinajstić information content (AvgIpc) is 3.46. The summed E-state index contributed by atoms with van der Waals surface area (Å²) in [6.07, 6.45) is 8.12. The number of benzene rings is 1. The highest BCUT2D eigenvalue weighted by atomic mass is 19.1. The maximum atomic E-state index is 13.3. The maximum absolute atomic E-state index is 13.3. The Morgan fingerprint density at radius 1 is 1.03 bits per heavy atom. The van der Waals surface area contributed by atoms with Gasteiger partial charge in [-0.3, -0.25) is 9.78 Å². The van der Waals surface area contributed by atoms with E-state index in [-0.39, 0.29) is 11.7 Å². The largest absolute Gasteiger partial charge is 0.451 e. The summed E-state index contributed by atoms with van der Waals surface area (Å²) in [4.78, 5) is 21.3. The van der Waals surface area contributed by atoms with Crippen LogP contribution in [0.4, 0.5) is 4.39 Å². The Balaban J connectivity index is 1.57. The summed E-state index contributed by atoms with van der Waals surface area (Å²) in [6.45, 7) is 0.382. The lowest BCUT2D eigenvalue weighted by Gasteiger charge is -2.08. The highest BCUT2D eigenvalue weighted by Crippen LogP contribution is 2.29. The van der Waals surface area contributed by atoms with Gasteiger partial charge in [-0.15, -0.1) is 0 Å². The molecule has 1 amide bonds. The third-order valence-electron chi connectivity index (χ3n) is 5.07. The second-order valence-corrected chi connectivity index (χ2v) is 7.04. The number of hydrogen-bond donors (Lipinski definition) is 1. The van der Waals surface area contributed by atoms with Gasteiger partial charge < -0.3 is 14.1 Å². The van der Waals surface area contributed by atoms with Crippen molar-refractivity contribution in [2.24, 2.45) is 0 Å². The molecule has 0 saturated heterocycles. The van der Waals surface area contributed by atoms with Crippen molar-refractivity contribution < 1.29 is 13.6 Å². The molecule has 0 aliphatic rings. The van der Waals surface area contributed by atoms with E-state index >= 15 is 0 Å². The Bertz CT molecular complexity index is 1340. The molecule has 6 nitrogen and oxygen atoms in total. The molecule has 0 bridgehead atoms. The number of fused-ring (bicyclic) bond motifs is 1. The van der Waals surface area contributed by atoms with Gasteiger partial charge in [-0.25, -0.2) is 9.37 Å². The van der Waals surface area contributed by atoms with Crippen LogP contribution in [0.1, 0.15) is 15.9 Å². The average molecular weight is 412 g/mol. The number of aromatic nitrogens is 3. The predicted octanol–water partition coefficient (Wildman–Crippen LogP) is 4.73. The lowest BCUT2D eigenvalue weighted by Crippen LogP contribution is -2.23. The summed E-state index contributed by atoms with van der Waals surface area (Å²) in [6, 6.07) is 15.7. The molecule has 5 rings (SSSR count). The molecular formula is C24H17FN4O2. The standard InChI is InChI=1S/C24H17FN4O2/c25-19-4-1-17(2-5-19)18-3-6-20-11-21(23(29(20)13-18)22-14-31-15-28-22)24(30)27-12-16-7-9-26-10-8-16/h1-11,13-15H,12H2,(H,27,30). The number of oxazole rings is 1. The number of nitrogens with one attached hydrogen (secondary N) is 1. The quantitative estimate of drug-likeness (QED) is 0.453. The van der Waals surface area contributed by atoms with Gasteiger partial charge in [0.25, 0.3) is 5.91 Å². The maximum Gasteiger partial charge on any atom is 0.253 e. The molecule has 0 radical (unpaired) electrons. The molecule has 1 aromatic carbocycles. The summed E-state index contributed by atoms with van der Waals surface area (Å²) in [5, 5.41) is 2.95. The number of carbonyl (C=O) groups excluding carboxylic acids is 1. The van der Waals surface area contributed by atoms with Gasteiger partial charge >= 0.3 is 0 Å². The number of hydrogen-bond acceptors (Lipinski definition) is 4. The Kier molecular flexibility index (Phi) is 4.76. The molecule has 4 aromatic heterocycles. The van der Waals surface area contributed by atoms with Gasteiger partial charge in [-0.05, 0) is 53.1 Å². The first-order valence-electron chi connectivity index (χ1n) is 9.66. The molecule has 7 heteroatoms. The van der Waals surface area contributed by atoms with Crippen molar-refractivity contribution in [3.63, 3.8) is 0 Å². The number of carbonyl (C=O) groups is 1. The van der Waals surface area contributed by atoms with E-state index in [0.29, 0.717) is 23.5 Å². The number of halogens is 1. The first-order chi connectivity index (χ1) is 15.2. The Labute approximate surface area is 177 Å². The summed E-state index contributed by atoms with van der Waals surface area (Å²) < 4.78 is 20.4. The molecule has 0 fully saturated rings. The number of amides is 1. The zero-order valence-electron chi connectivity index (χ0n) is 16.3. The SMILES string of the molecule is O=C(NCc1ccncc1)c1cc2ccc(-c3ccc(F)cc3)cn2c1-c1cocn1. The number of nitrogens with zero attached hydrogens (tertiary/aromatic N) is 3. The third-order valence-corrected chi connectivity index (χ3v) is 5.07. The molecular weight excluding hydrogens is 395 g/mol. The molecule has 0 aliphatic heterocycles. The zero-order chi connectivity index (χ0) is 21.2. The van der Waals surface area contributed by atoms with Gasteiger partial charge in [-0.1, -0.05) is 18.2 Å². The van der Waals surface area contributed by atoms with Crippen LogP contribution >= 0.6 is 0 Å². The lowest BCUT2D eigenvalue weighted by atomic mass is 10.1. The van der Waals surface area contributed by atoms with Crippen molar-refractivity contribution in [3.8, 4) is 22.5 Å². The number of rotatable bonds is 5. The van der Waals surface area contributed by atoms with Crippen LogP contribution in [-0.2, 0) is 6.54 Å². The van der Waals surface area contributed by atoms with Crippen LogP contribution in [0.3, 0.4) is 0 Å². The fourth-order valence-corrected chi connectivity index (χ4v) is 3.52. The van der Waals surface area contributed by atoms with E-state index in [1.807, 2.05) is 40.9 Å². The molecule has 0 saturated carbocycles. The molecule has 0 atom stereocenters. The van der Waals surface area contributed by atoms with Crippen LogP contribution in [0.5, 0.6) is 0 Å². The zero-order valence-corrected chi connectivity index (χ0v) is 16.3. The molecule has 152 valence electrons. The summed E-state index contributed by atoms with van der Waals surface area (Å²) in [5.41, 5.74) is 5.19. The fourth-order valence-electron chi connectivity index (χ4n) is 3.52. The summed E-state index contributed by atoms with van der Waals surface area (Å²) >= 11 is 0. The van der Waals surface area contributed by atoms with Gasteiger partial charge in [0, 0.05) is 30.7 Å². The van der Waals surface area contributed by atoms with Gasteiger partial charge in [0.1, 0.15) is 17.8 Å². The van der Waals surface area contributed by atoms with Crippen molar-refractivity contribution in [2.45, 2.75) is 6.54 Å². The van der Waals surface area contributed by atoms with E-state index in [4.69, 9.17) is 4.42 Å². The first-order valence-corrected chi connectivity index (χ1v) is 9.66. The molecule has 4 heterocycles. The Morgan fingerprint density at radius 2 is 1.81 bits per heavy atom. The molecule has 0 spiro atoms. The van der Waals surface area contributed by atoms with Crippen LogP contribution in [0.2, 0.25) is 0 Å². The fraction of sp³-hybridized carbons (Fsp3) is 0.0417. The second-order valence-electron chi connectivity index (χ2n) is 7.04. The van der Waals surface area contributed by atoms with Crippen molar-refractivity contribution >= 4 is 11.4 Å². The highest BCUT2D eigenvalue weighted by Gasteiger charge is 2.20. The second kappa shape index (κ2) is 7.87. The van der Waals surface area contributed by atoms with Crippen molar-refractivity contribution in [1.29, 1.82) is 0 Å². The van der Waals surface area contributed by atoms with Crippen LogP contribution < -0.4 is 5.32 Å². The van der Waals surface area contributed by atoms with Crippen molar-refractivity contribution in [2.75, 3.05) is 0 Å². The highest BCUT2D eigenvalue weighted by molar-refractivity contribution is 6.02. The van der Waals surface area contributed by atoms with Crippen LogP contribution in [0.15, 0.2) is 90.3 Å². The summed E-state index contributed by atoms with van der Waals surface area (Å²) in [7, 11) is 0. The molecule has 0 unspecified atom stereocenters. The predicted molar refractivity (Wildman–Crippen MR) is 114 cm³/mol. The van der Waals surface area contributed by atoms with E-state index in [2.05, 4.69) is 15.3 Å². The van der Waals surface area contributed by atoms with Gasteiger partial charge in [0.05, 0.1) is 11.3 Å². The summed E-state index contributed by atoms with van der Waals surface area (Å²) in [5.74, 6) is -0.510. The minimum absolute atomic E-state index is 0.221. The van der Waals surface area contributed by atoms with Gasteiger partial charge in [-0.2, -0.15) is 0 Å². The Hall–Kier alpha value is -4.26. The Morgan fingerprint density at radius 3 is 2.55 bits per heavy atom. The monoisotopic (exact) mass is 412 g/mol. The van der Waals surface area contributed by atoms with E-state index in [9.17, 15) is 9.18 Å². The van der Waals surface area contributed by atoms with Gasteiger partial charge in [0.2, 0.25) is 0 Å². The smallest absolute Gasteiger partial charge is 0.253 e. The minimum Gasteiger partial charge on any atom is -0.451 e. The minimum atomic E-state index is -0.290. The number of pyridine rings is 2. The van der Waals surface area contributed by atoms with E-state index in [1.165, 1.54) is 24.8 Å². The molecule has 5 aromatic rings. The first kappa shape index (κ1) is 18.7. The molecule has 1 N–H and O–H groups in total. The van der Waals surface area contributed by atoms with Crippen LogP contribution in [0, 0.1) is 5.82 Å². The van der Waals surface area contributed by atoms with E-state index in [0.717, 1.165) is 22.2 Å². The van der Waals surface area contributed by atoms with Crippen LogP contribution in [0.25, 0.3) is 28.0 Å². The molecule has 31 heavy (non-hydrogen) atoms. The van der Waals surface area contributed by atoms with E-state index < -0.39 is 0 Å². The van der Waals surface area contributed by atoms with Crippen molar-refractivity contribution in [3.05, 3.63) is 103 Å². The van der Waals surface area contributed by atoms with Crippen LogP contribution in [-0.4, -0.2) is 20.3 Å². The lowest BCUT2D eigenvalue weighted by molar-refractivity contribution is 0.0951. The van der Waals surface area contributed by atoms with Gasteiger partial charge in [0.15, 0.2) is 6.39 Å². The van der Waals surface area contributed by atoms with E-state index in [1.54, 1.807) is 24.5 Å².